The summed E-state index contributed by atoms with van der Waals surface area (Å²) in [5.41, 5.74) is 8.26. The maximum atomic E-state index is 13.3. The quantitative estimate of drug-likeness (QED) is 0.0166. The van der Waals surface area contributed by atoms with Crippen molar-refractivity contribution in [2.75, 3.05) is 79.3 Å². The van der Waals surface area contributed by atoms with Crippen LogP contribution in [-0.2, 0) is 24.6 Å². The molecule has 0 radical (unpaired) electrons. The second-order valence-corrected chi connectivity index (χ2v) is 40.3. The fourth-order valence-electron chi connectivity index (χ4n) is 12.9. The number of amides is 12. The summed E-state index contributed by atoms with van der Waals surface area (Å²) < 4.78 is 11.0. The van der Waals surface area contributed by atoms with Gasteiger partial charge >= 0.3 is 48.0 Å². The number of ether oxygens (including phenoxy) is 2. The lowest BCUT2D eigenvalue weighted by Crippen LogP contribution is -2.51. The van der Waals surface area contributed by atoms with E-state index in [1.54, 1.807) is 123 Å². The van der Waals surface area contributed by atoms with Crippen LogP contribution in [-0.4, -0.2) is 220 Å². The molecule has 0 unspecified atom stereocenters. The molecule has 0 fully saturated rings. The number of nitrogens with zero attached hydrogens (tertiary/aromatic N) is 5. The molecule has 0 aliphatic rings. The number of thioether (sulfide) groups is 4. The maximum absolute atomic E-state index is 13.3. The van der Waals surface area contributed by atoms with Gasteiger partial charge in [-0.25, -0.2) is 38.4 Å². The third-order valence-electron chi connectivity index (χ3n) is 20.3. The number of carboxylic acid groups (broad SMARTS) is 4. The molecule has 145 heavy (non-hydrogen) atoms. The van der Waals surface area contributed by atoms with Crippen LogP contribution in [0.2, 0.25) is 0 Å². The van der Waals surface area contributed by atoms with E-state index >= 15 is 0 Å². The van der Waals surface area contributed by atoms with Gasteiger partial charge in [0.25, 0.3) is 23.6 Å². The Hall–Kier alpha value is -14.2. The molecule has 0 aliphatic carbocycles. The van der Waals surface area contributed by atoms with Gasteiger partial charge in [0.1, 0.15) is 41.4 Å². The second kappa shape index (κ2) is 63.7. The van der Waals surface area contributed by atoms with Crippen LogP contribution in [0.4, 0.5) is 19.2 Å². The van der Waals surface area contributed by atoms with Crippen LogP contribution in [0.25, 0.3) is 0 Å². The Kier molecular flexibility index (Phi) is 52.5. The number of aromatic nitrogens is 1. The summed E-state index contributed by atoms with van der Waals surface area (Å²) in [6, 6.07) is 55.7. The largest absolute Gasteiger partial charge is 0.497 e. The molecule has 12 amide bonds. The molecular weight excluding hydrogens is 1910 g/mol. The van der Waals surface area contributed by atoms with E-state index in [0.29, 0.717) is 99.6 Å². The van der Waals surface area contributed by atoms with E-state index in [0.717, 1.165) is 76.4 Å². The van der Waals surface area contributed by atoms with Gasteiger partial charge in [-0.05, 0) is 241 Å². The lowest BCUT2D eigenvalue weighted by Gasteiger charge is -2.23. The number of carbonyl (C=O) groups excluding carboxylic acids is 8. The summed E-state index contributed by atoms with van der Waals surface area (Å²) in [5.74, 6) is 25.8. The number of para-hydroxylation sites is 1. The minimum absolute atomic E-state index is 0.0642. The van der Waals surface area contributed by atoms with Crippen molar-refractivity contribution in [2.24, 2.45) is 23.7 Å². The Balaban J connectivity index is 0.000000296. The fourth-order valence-corrected chi connectivity index (χ4v) is 17.2. The van der Waals surface area contributed by atoms with Crippen LogP contribution in [0, 0.1) is 71.0 Å². The van der Waals surface area contributed by atoms with E-state index in [9.17, 15) is 78.0 Å². The summed E-state index contributed by atoms with van der Waals surface area (Å²) in [5, 5.41) is 48.2. The normalized spacial score (nSPS) is 11.4. The van der Waals surface area contributed by atoms with Crippen LogP contribution in [0.5, 0.6) is 17.2 Å². The number of benzene rings is 8. The lowest BCUT2D eigenvalue weighted by molar-refractivity contribution is -0.139. The molecule has 27 nitrogen and oxygen atoms in total. The zero-order valence-corrected chi connectivity index (χ0v) is 88.4. The first-order valence-electron chi connectivity index (χ1n) is 47.9. The number of carbonyl (C=O) groups is 12. The van der Waals surface area contributed by atoms with Crippen molar-refractivity contribution in [3.8, 4) is 64.6 Å². The van der Waals surface area contributed by atoms with Crippen LogP contribution >= 0.6 is 47.0 Å². The highest BCUT2D eigenvalue weighted by Gasteiger charge is 2.33. The van der Waals surface area contributed by atoms with E-state index in [1.807, 2.05) is 180 Å². The van der Waals surface area contributed by atoms with Crippen molar-refractivity contribution in [1.29, 1.82) is 0 Å². The Morgan fingerprint density at radius 3 is 0.793 bits per heavy atom. The predicted octanol–water partition coefficient (Wildman–Crippen LogP) is 20.5. The second-order valence-electron chi connectivity index (χ2n) is 36.0. The monoisotopic (exact) mass is 2040 g/mol. The predicted molar refractivity (Wildman–Crippen MR) is 579 cm³/mol. The van der Waals surface area contributed by atoms with Gasteiger partial charge in [0, 0.05) is 128 Å². The molecule has 766 valence electrons. The number of urea groups is 4. The highest BCUT2D eigenvalue weighted by Crippen LogP contribution is 2.26. The van der Waals surface area contributed by atoms with Gasteiger partial charge in [0.05, 0.1) is 7.11 Å². The summed E-state index contributed by atoms with van der Waals surface area (Å²) in [4.78, 5) is 159. The number of hydrogen-bond acceptors (Lipinski definition) is 19. The summed E-state index contributed by atoms with van der Waals surface area (Å²) in [6.07, 6.45) is 5.45. The van der Waals surface area contributed by atoms with Crippen molar-refractivity contribution in [1.82, 2.24) is 45.9 Å². The standard InChI is InChI=1S/C32H34N2O5S.C30H38N2O4S.C27H32N2O5S.C25H29N3O4S/c1-4-19-34(32(38)33-29(31(36)37)22-40-21-23(2)3)30(35)26-10-8-9-25(20-26)14-13-24-15-17-28(18-16-24)39-27-11-6-5-7-12-27;1-7-17-32(29(36)31-26(28(34)35)20-37-19-21(2)3)27(33)24-10-8-9-23(18-24)12-11-22-13-15-25(16-14-22)30(4,5)6;1-5-15-29(27(33)28-24(26(31)32)18-35-17-19(2)3)25(30)22-8-6-7-21(16-22)10-9-20-11-13-23(34-4)14-12-20;1-4-14-28(25(32)27-22(24(30)31)17-33-16-18(2)3)23(29)21-7-5-6-20(15-21)9-8-19-10-12-26-13-11-19/h5-12,15-18,20,23,29H,4,19,21-22H2,1-3H3,(H,33,38)(H,36,37);8-10,13-16,18,21,26H,7,17,19-20H2,1-6H3,(H,31,36)(H,34,35);6-8,11-14,16,19,24H,5,15,17-18H2,1-4H3,(H,28,33)(H,31,32);5-7,10-13,15,18,22H,4,14,16-17H2,1-3H3,(H,27,32)(H,30,31)/t29-;26-;24-;22-/m0000/s1. The van der Waals surface area contributed by atoms with Gasteiger partial charge in [0.2, 0.25) is 0 Å². The van der Waals surface area contributed by atoms with Crippen molar-refractivity contribution >= 4 is 119 Å². The molecule has 8 N–H and O–H groups in total. The molecule has 1 aromatic heterocycles. The number of methoxy groups -OCH3 is 1. The van der Waals surface area contributed by atoms with Crippen molar-refractivity contribution in [3.63, 3.8) is 0 Å². The zero-order chi connectivity index (χ0) is 107. The Morgan fingerprint density at radius 1 is 0.310 bits per heavy atom. The maximum Gasteiger partial charge on any atom is 0.327 e. The van der Waals surface area contributed by atoms with E-state index in [4.69, 9.17) is 9.47 Å². The highest BCUT2D eigenvalue weighted by molar-refractivity contribution is 8.00. The average Bonchev–Trinajstić information content (AvgIpc) is 0.848. The Morgan fingerprint density at radius 2 is 0.552 bits per heavy atom. The highest BCUT2D eigenvalue weighted by atomic mass is 32.2. The van der Waals surface area contributed by atoms with Gasteiger partial charge in [0.15, 0.2) is 0 Å². The SMILES string of the molecule is CCCN(C(=O)N[C@@H](CSCC(C)C)C(=O)O)C(=O)c1cccc(C#Cc2ccc(C(C)(C)C)cc2)c1.CCCN(C(=O)N[C@@H](CSCC(C)C)C(=O)O)C(=O)c1cccc(C#Cc2ccc(OC)cc2)c1.CCCN(C(=O)N[C@@H](CSCC(C)C)C(=O)O)C(=O)c1cccc(C#Cc2ccc(Oc3ccccc3)cc2)c1.CCCN(C(=O)N[C@@H](CSCC(C)C)C(=O)O)C(=O)c1cccc(C#Cc2ccncc2)c1. The number of imide groups is 4. The molecule has 9 rings (SSSR count). The van der Waals surface area contributed by atoms with Crippen LogP contribution in [0.3, 0.4) is 0 Å². The molecule has 0 saturated carbocycles. The fraction of sp³-hybridized carbons (Fsp3) is 0.360. The molecular formula is C114H133N9O18S4. The van der Waals surface area contributed by atoms with Gasteiger partial charge in [-0.1, -0.05) is 206 Å². The molecule has 0 bridgehead atoms. The van der Waals surface area contributed by atoms with Crippen LogP contribution in [0.15, 0.2) is 225 Å². The van der Waals surface area contributed by atoms with Crippen LogP contribution < -0.4 is 30.7 Å². The smallest absolute Gasteiger partial charge is 0.327 e. The van der Waals surface area contributed by atoms with Crippen molar-refractivity contribution in [3.05, 3.63) is 297 Å². The summed E-state index contributed by atoms with van der Waals surface area (Å²) in [6.45, 7) is 30.9. The third kappa shape index (κ3) is 43.9. The number of nitrogens with one attached hydrogen (secondary N) is 4. The third-order valence-corrected chi connectivity index (χ3v) is 26.2. The van der Waals surface area contributed by atoms with Gasteiger partial charge in [-0.2, -0.15) is 47.0 Å². The first kappa shape index (κ1) is 119. The minimum Gasteiger partial charge on any atom is -0.497 e. The van der Waals surface area contributed by atoms with Gasteiger partial charge in [-0.15, -0.1) is 0 Å². The topological polar surface area (TPSA) is 378 Å². The molecule has 0 aliphatic heterocycles. The number of pyridine rings is 1. The molecule has 0 spiro atoms. The Bertz CT molecular complexity index is 6030. The van der Waals surface area contributed by atoms with Gasteiger partial charge < -0.3 is 51.2 Å². The summed E-state index contributed by atoms with van der Waals surface area (Å²) >= 11 is 5.83. The minimum atomic E-state index is -1.13. The lowest BCUT2D eigenvalue weighted by atomic mass is 9.87. The van der Waals surface area contributed by atoms with E-state index in [-0.39, 0.29) is 54.6 Å². The number of rotatable bonds is 39. The number of hydrogen-bond donors (Lipinski definition) is 8. The molecule has 0 saturated heterocycles. The van der Waals surface area contributed by atoms with E-state index < -0.39 is 95.8 Å². The number of carboxylic acids is 4. The number of aliphatic carboxylic acids is 4. The van der Waals surface area contributed by atoms with E-state index in [1.165, 1.54) is 52.6 Å². The molecule has 1 heterocycles. The first-order chi connectivity index (χ1) is 69.2. The van der Waals surface area contributed by atoms with Crippen molar-refractivity contribution < 1.29 is 87.4 Å². The first-order valence-corrected chi connectivity index (χ1v) is 52.5. The van der Waals surface area contributed by atoms with E-state index in [2.05, 4.69) is 107 Å². The van der Waals surface area contributed by atoms with Crippen molar-refractivity contribution in [2.45, 2.75) is 159 Å². The van der Waals surface area contributed by atoms with Gasteiger partial charge in [-0.3, -0.25) is 43.8 Å². The molecule has 8 aromatic carbocycles. The summed E-state index contributed by atoms with van der Waals surface area (Å²) in [7, 11) is 1.60. The zero-order valence-electron chi connectivity index (χ0n) is 85.2. The average molecular weight is 2050 g/mol. The molecule has 4 atom stereocenters. The Labute approximate surface area is 869 Å². The molecule has 31 heteroatoms. The molecule has 9 aromatic rings. The van der Waals surface area contributed by atoms with Crippen LogP contribution in [0.1, 0.15) is 221 Å².